The van der Waals surface area contributed by atoms with Crippen LogP contribution in [-0.4, -0.2) is 50.0 Å². The summed E-state index contributed by atoms with van der Waals surface area (Å²) in [7, 11) is -3.55. The Balaban J connectivity index is 1.58. The molecule has 0 aromatic heterocycles. The zero-order valence-electron chi connectivity index (χ0n) is 25.7. The Hall–Kier alpha value is -3.65. The first-order chi connectivity index (χ1) is 20.7. The third-order valence-corrected chi connectivity index (χ3v) is 9.55. The second kappa shape index (κ2) is 15.2. The molecule has 0 heterocycles. The highest BCUT2D eigenvalue weighted by atomic mass is 32.2. The fourth-order valence-corrected chi connectivity index (χ4v) is 6.76. The molecule has 4 rings (SSSR count). The average Bonchev–Trinajstić information content (AvgIpc) is 3.51. The van der Waals surface area contributed by atoms with Crippen LogP contribution in [0.25, 0.3) is 0 Å². The molecule has 7 nitrogen and oxygen atoms in total. The van der Waals surface area contributed by atoms with E-state index in [1.54, 1.807) is 4.90 Å². The SMILES string of the molecule is CCc1ccc(N(CCCC(=O)N(Cc2ccccc2C)[C@@H](Cc2ccccc2)C(=O)NC2CCCC2)S(C)(=O)=O)cc1. The maximum absolute atomic E-state index is 14.1. The first kappa shape index (κ1) is 32.3. The lowest BCUT2D eigenvalue weighted by molar-refractivity contribution is -0.141. The Morgan fingerprint density at radius 1 is 0.907 bits per heavy atom. The summed E-state index contributed by atoms with van der Waals surface area (Å²) in [5.41, 5.74) is 4.72. The zero-order chi connectivity index (χ0) is 30.8. The molecular weight excluding hydrogens is 558 g/mol. The van der Waals surface area contributed by atoms with Gasteiger partial charge in [0.05, 0.1) is 11.9 Å². The summed E-state index contributed by atoms with van der Waals surface area (Å²) in [6.07, 6.45) is 7.00. The largest absolute Gasteiger partial charge is 0.352 e. The fourth-order valence-electron chi connectivity index (χ4n) is 5.79. The first-order valence-corrected chi connectivity index (χ1v) is 17.3. The van der Waals surface area contributed by atoms with E-state index in [2.05, 4.69) is 12.2 Å². The Bertz CT molecular complexity index is 1450. The van der Waals surface area contributed by atoms with Crippen molar-refractivity contribution < 1.29 is 18.0 Å². The summed E-state index contributed by atoms with van der Waals surface area (Å²) in [6.45, 7) is 4.54. The van der Waals surface area contributed by atoms with Crippen LogP contribution in [0.2, 0.25) is 0 Å². The minimum absolute atomic E-state index is 0.118. The lowest BCUT2D eigenvalue weighted by Crippen LogP contribution is -2.52. The van der Waals surface area contributed by atoms with Crippen LogP contribution in [0.4, 0.5) is 5.69 Å². The van der Waals surface area contributed by atoms with Crippen molar-refractivity contribution in [2.24, 2.45) is 0 Å². The molecule has 0 saturated heterocycles. The number of sulfonamides is 1. The quantitative estimate of drug-likeness (QED) is 0.252. The van der Waals surface area contributed by atoms with Crippen molar-refractivity contribution in [2.75, 3.05) is 17.1 Å². The molecule has 0 unspecified atom stereocenters. The van der Waals surface area contributed by atoms with Crippen molar-refractivity contribution in [1.82, 2.24) is 10.2 Å². The minimum Gasteiger partial charge on any atom is -0.352 e. The van der Waals surface area contributed by atoms with Gasteiger partial charge in [-0.3, -0.25) is 13.9 Å². The van der Waals surface area contributed by atoms with Gasteiger partial charge in [0.1, 0.15) is 6.04 Å². The number of amides is 2. The summed E-state index contributed by atoms with van der Waals surface area (Å²) in [4.78, 5) is 29.7. The van der Waals surface area contributed by atoms with Crippen LogP contribution in [0.3, 0.4) is 0 Å². The fraction of sp³-hybridized carbons (Fsp3) is 0.429. The van der Waals surface area contributed by atoms with Crippen molar-refractivity contribution in [1.29, 1.82) is 0 Å². The predicted octanol–water partition coefficient (Wildman–Crippen LogP) is 5.80. The molecule has 3 aromatic carbocycles. The molecule has 230 valence electrons. The zero-order valence-corrected chi connectivity index (χ0v) is 26.5. The van der Waals surface area contributed by atoms with E-state index in [0.717, 1.165) is 54.4 Å². The van der Waals surface area contributed by atoms with Crippen LogP contribution in [-0.2, 0) is 39.0 Å². The van der Waals surface area contributed by atoms with E-state index in [1.165, 1.54) is 10.6 Å². The van der Waals surface area contributed by atoms with E-state index in [4.69, 9.17) is 0 Å². The number of benzene rings is 3. The van der Waals surface area contributed by atoms with Gasteiger partial charge in [-0.25, -0.2) is 8.42 Å². The third-order valence-electron chi connectivity index (χ3n) is 8.36. The molecule has 1 atom stereocenters. The predicted molar refractivity (Wildman–Crippen MR) is 173 cm³/mol. The maximum atomic E-state index is 14.1. The summed E-state index contributed by atoms with van der Waals surface area (Å²) in [6, 6.07) is 24.7. The second-order valence-electron chi connectivity index (χ2n) is 11.6. The van der Waals surface area contributed by atoms with E-state index in [9.17, 15) is 18.0 Å². The third kappa shape index (κ3) is 9.17. The number of rotatable bonds is 14. The molecule has 1 aliphatic carbocycles. The van der Waals surface area contributed by atoms with Crippen LogP contribution in [0, 0.1) is 6.92 Å². The molecular formula is C35H45N3O4S. The monoisotopic (exact) mass is 603 g/mol. The number of hydrogen-bond donors (Lipinski definition) is 1. The topological polar surface area (TPSA) is 86.8 Å². The summed E-state index contributed by atoms with van der Waals surface area (Å²) < 4.78 is 26.8. The maximum Gasteiger partial charge on any atom is 0.243 e. The molecule has 2 amide bonds. The summed E-state index contributed by atoms with van der Waals surface area (Å²) in [5.74, 6) is -0.299. The molecule has 0 radical (unpaired) electrons. The molecule has 1 aliphatic rings. The molecule has 0 aliphatic heterocycles. The van der Waals surface area contributed by atoms with Crippen LogP contribution in [0.5, 0.6) is 0 Å². The van der Waals surface area contributed by atoms with E-state index < -0.39 is 16.1 Å². The number of carbonyl (C=O) groups excluding carboxylic acids is 2. The number of aryl methyl sites for hydroxylation is 2. The van der Waals surface area contributed by atoms with Gasteiger partial charge < -0.3 is 10.2 Å². The standard InChI is InChI=1S/C35H45N3O4S/c1-4-28-20-22-32(23-21-28)38(43(3,41)42)24-12-19-34(39)37(26-30-16-9-8-13-27(30)2)33(25-29-14-6-5-7-15-29)35(40)36-31-17-10-11-18-31/h5-9,13-16,20-23,31,33H,4,10-12,17-19,24-26H2,1-3H3,(H,36,40)/t33-/m0/s1. The molecule has 1 N–H and O–H groups in total. The van der Waals surface area contributed by atoms with Gasteiger partial charge >= 0.3 is 0 Å². The summed E-state index contributed by atoms with van der Waals surface area (Å²) in [5, 5.41) is 3.24. The van der Waals surface area contributed by atoms with E-state index >= 15 is 0 Å². The average molecular weight is 604 g/mol. The molecule has 0 bridgehead atoms. The van der Waals surface area contributed by atoms with Gasteiger partial charge in [0, 0.05) is 32.0 Å². The van der Waals surface area contributed by atoms with Gasteiger partial charge in [-0.15, -0.1) is 0 Å². The van der Waals surface area contributed by atoms with Crippen molar-refractivity contribution in [3.63, 3.8) is 0 Å². The van der Waals surface area contributed by atoms with Crippen molar-refractivity contribution in [2.45, 2.75) is 83.8 Å². The molecule has 3 aromatic rings. The van der Waals surface area contributed by atoms with Crippen molar-refractivity contribution in [3.05, 3.63) is 101 Å². The van der Waals surface area contributed by atoms with Gasteiger partial charge in [0.15, 0.2) is 0 Å². The van der Waals surface area contributed by atoms with Crippen molar-refractivity contribution in [3.8, 4) is 0 Å². The molecule has 0 spiro atoms. The lowest BCUT2D eigenvalue weighted by Gasteiger charge is -2.33. The van der Waals surface area contributed by atoms with Gasteiger partial charge in [0.2, 0.25) is 21.8 Å². The number of nitrogens with zero attached hydrogens (tertiary/aromatic N) is 2. The second-order valence-corrected chi connectivity index (χ2v) is 13.5. The van der Waals surface area contributed by atoms with Crippen LogP contribution < -0.4 is 9.62 Å². The van der Waals surface area contributed by atoms with Crippen LogP contribution in [0.1, 0.15) is 67.7 Å². The Labute approximate surface area is 257 Å². The van der Waals surface area contributed by atoms with E-state index in [-0.39, 0.29) is 30.8 Å². The highest BCUT2D eigenvalue weighted by Crippen LogP contribution is 2.23. The van der Waals surface area contributed by atoms with Gasteiger partial charge in [0.25, 0.3) is 0 Å². The normalized spacial score (nSPS) is 14.3. The first-order valence-electron chi connectivity index (χ1n) is 15.4. The van der Waals surface area contributed by atoms with Crippen LogP contribution >= 0.6 is 0 Å². The van der Waals surface area contributed by atoms with E-state index in [1.807, 2.05) is 85.8 Å². The number of nitrogens with one attached hydrogen (secondary N) is 1. The summed E-state index contributed by atoms with van der Waals surface area (Å²) >= 11 is 0. The number of carbonyl (C=O) groups is 2. The minimum atomic E-state index is -3.55. The van der Waals surface area contributed by atoms with Crippen LogP contribution in [0.15, 0.2) is 78.9 Å². The van der Waals surface area contributed by atoms with Gasteiger partial charge in [-0.1, -0.05) is 86.5 Å². The molecule has 43 heavy (non-hydrogen) atoms. The molecule has 1 saturated carbocycles. The Morgan fingerprint density at radius 2 is 1.56 bits per heavy atom. The Morgan fingerprint density at radius 3 is 2.19 bits per heavy atom. The highest BCUT2D eigenvalue weighted by Gasteiger charge is 2.32. The van der Waals surface area contributed by atoms with Gasteiger partial charge in [-0.2, -0.15) is 0 Å². The molecule has 8 heteroatoms. The van der Waals surface area contributed by atoms with E-state index in [0.29, 0.717) is 25.1 Å². The Kier molecular flexibility index (Phi) is 11.4. The molecule has 1 fully saturated rings. The smallest absolute Gasteiger partial charge is 0.243 e. The van der Waals surface area contributed by atoms with Gasteiger partial charge in [-0.05, 0) is 67.0 Å². The number of anilines is 1. The van der Waals surface area contributed by atoms with Crippen molar-refractivity contribution >= 4 is 27.5 Å². The highest BCUT2D eigenvalue weighted by molar-refractivity contribution is 7.92. The number of hydrogen-bond acceptors (Lipinski definition) is 4. The lowest BCUT2D eigenvalue weighted by atomic mass is 10.0.